The molecule has 0 saturated carbocycles. The number of amides is 1. The molecule has 3 rings (SSSR count). The van der Waals surface area contributed by atoms with E-state index in [0.717, 1.165) is 17.4 Å². The quantitative estimate of drug-likeness (QED) is 0.610. The zero-order chi connectivity index (χ0) is 21.2. The Hall–Kier alpha value is -2.43. The van der Waals surface area contributed by atoms with E-state index in [1.54, 1.807) is 13.1 Å². The van der Waals surface area contributed by atoms with Gasteiger partial charge in [-0.3, -0.25) is 4.79 Å². The average Bonchev–Trinajstić information content (AvgIpc) is 3.25. The molecule has 2 aromatic heterocycles. The van der Waals surface area contributed by atoms with Gasteiger partial charge in [0.15, 0.2) is 5.82 Å². The van der Waals surface area contributed by atoms with E-state index in [1.165, 1.54) is 29.2 Å². The fourth-order valence-electron chi connectivity index (χ4n) is 2.86. The summed E-state index contributed by atoms with van der Waals surface area (Å²) in [5, 5.41) is 6.66. The number of benzene rings is 1. The third-order valence-electron chi connectivity index (χ3n) is 4.27. The molecule has 11 heteroatoms. The molecular weight excluding hydrogens is 427 g/mol. The highest BCUT2D eigenvalue weighted by atomic mass is 35.5. The first-order valence-electron chi connectivity index (χ1n) is 8.50. The van der Waals surface area contributed by atoms with E-state index in [1.807, 2.05) is 0 Å². The Morgan fingerprint density at radius 1 is 1.38 bits per heavy atom. The number of halogens is 4. The van der Waals surface area contributed by atoms with Crippen LogP contribution in [-0.2, 0) is 19.6 Å². The zero-order valence-corrected chi connectivity index (χ0v) is 16.8. The summed E-state index contributed by atoms with van der Waals surface area (Å²) in [7, 11) is 1.69. The van der Waals surface area contributed by atoms with Crippen LogP contribution >= 0.6 is 22.9 Å². The normalized spacial score (nSPS) is 12.8. The van der Waals surface area contributed by atoms with Gasteiger partial charge < -0.3 is 11.1 Å². The smallest absolute Gasteiger partial charge is 0.347 e. The summed E-state index contributed by atoms with van der Waals surface area (Å²) < 4.78 is 41.5. The number of nitrogens with two attached hydrogens (primary N) is 1. The molecule has 2 heterocycles. The second-order valence-electron chi connectivity index (χ2n) is 6.27. The van der Waals surface area contributed by atoms with Crippen molar-refractivity contribution < 1.29 is 18.0 Å². The maximum atomic E-state index is 13.2. The summed E-state index contributed by atoms with van der Waals surface area (Å²) in [4.78, 5) is 17.0. The number of nitrogens with one attached hydrogen (secondary N) is 1. The maximum absolute atomic E-state index is 13.2. The van der Waals surface area contributed by atoms with Crippen molar-refractivity contribution in [3.8, 4) is 11.4 Å². The Balaban J connectivity index is 1.77. The van der Waals surface area contributed by atoms with Crippen molar-refractivity contribution in [1.29, 1.82) is 0 Å². The average molecular weight is 444 g/mol. The molecular formula is C18H17ClF3N5OS. The predicted octanol–water partition coefficient (Wildman–Crippen LogP) is 3.52. The van der Waals surface area contributed by atoms with Crippen molar-refractivity contribution in [1.82, 2.24) is 20.1 Å². The molecule has 6 nitrogen and oxygen atoms in total. The van der Waals surface area contributed by atoms with Gasteiger partial charge in [-0.1, -0.05) is 29.8 Å². The molecule has 0 spiro atoms. The minimum Gasteiger partial charge on any atom is -0.347 e. The molecule has 0 fully saturated rings. The summed E-state index contributed by atoms with van der Waals surface area (Å²) in [6, 6.07) is 6.13. The van der Waals surface area contributed by atoms with Crippen LogP contribution in [0.25, 0.3) is 11.4 Å². The van der Waals surface area contributed by atoms with Gasteiger partial charge in [0.05, 0.1) is 10.4 Å². The minimum atomic E-state index is -4.48. The summed E-state index contributed by atoms with van der Waals surface area (Å²) in [6.45, 7) is -0.0207. The fraction of sp³-hybridized carbons (Fsp3) is 0.278. The predicted molar refractivity (Wildman–Crippen MR) is 105 cm³/mol. The largest absolute Gasteiger partial charge is 0.416 e. The third kappa shape index (κ3) is 4.77. The number of rotatable bonds is 6. The molecule has 3 N–H and O–H groups in total. The number of aromatic nitrogens is 3. The van der Waals surface area contributed by atoms with Crippen LogP contribution in [0.2, 0.25) is 4.34 Å². The molecule has 154 valence electrons. The Morgan fingerprint density at radius 3 is 2.72 bits per heavy atom. The Morgan fingerprint density at radius 2 is 2.10 bits per heavy atom. The minimum absolute atomic E-state index is 0.0207. The highest BCUT2D eigenvalue weighted by Gasteiger charge is 2.33. The van der Waals surface area contributed by atoms with Crippen molar-refractivity contribution >= 4 is 28.8 Å². The van der Waals surface area contributed by atoms with Gasteiger partial charge in [-0.25, -0.2) is 9.67 Å². The van der Waals surface area contributed by atoms with Gasteiger partial charge in [0.2, 0.25) is 0 Å². The molecule has 1 atom stereocenters. The van der Waals surface area contributed by atoms with Crippen molar-refractivity contribution in [3.05, 3.63) is 57.0 Å². The van der Waals surface area contributed by atoms with E-state index in [-0.39, 0.29) is 18.5 Å². The van der Waals surface area contributed by atoms with Crippen molar-refractivity contribution in [2.75, 3.05) is 6.54 Å². The molecule has 0 aliphatic rings. The Bertz CT molecular complexity index is 1020. The van der Waals surface area contributed by atoms with Crippen molar-refractivity contribution in [3.63, 3.8) is 0 Å². The first kappa shape index (κ1) is 21.3. The van der Waals surface area contributed by atoms with E-state index in [4.69, 9.17) is 17.3 Å². The van der Waals surface area contributed by atoms with Crippen LogP contribution in [0.1, 0.15) is 20.8 Å². The van der Waals surface area contributed by atoms with E-state index < -0.39 is 23.7 Å². The molecule has 0 radical (unpaired) electrons. The van der Waals surface area contributed by atoms with E-state index in [0.29, 0.717) is 20.6 Å². The summed E-state index contributed by atoms with van der Waals surface area (Å²) in [6.07, 6.45) is -3.16. The SMILES string of the molecule is Cn1ncnc1-c1cc(C(=O)N[C@H](CN)Cc2ccccc2C(F)(F)F)sc1Cl. The van der Waals surface area contributed by atoms with Crippen LogP contribution < -0.4 is 11.1 Å². The van der Waals surface area contributed by atoms with Crippen LogP contribution in [0.5, 0.6) is 0 Å². The van der Waals surface area contributed by atoms with E-state index in [9.17, 15) is 18.0 Å². The highest BCUT2D eigenvalue weighted by molar-refractivity contribution is 7.18. The fourth-order valence-corrected chi connectivity index (χ4v) is 4.03. The van der Waals surface area contributed by atoms with Crippen LogP contribution in [0.4, 0.5) is 13.2 Å². The lowest BCUT2D eigenvalue weighted by molar-refractivity contribution is -0.138. The number of hydrogen-bond acceptors (Lipinski definition) is 5. The molecule has 3 aromatic rings. The number of alkyl halides is 3. The second kappa shape index (κ2) is 8.52. The number of hydrogen-bond donors (Lipinski definition) is 2. The molecule has 0 saturated heterocycles. The van der Waals surface area contributed by atoms with Gasteiger partial charge in [0.1, 0.15) is 10.7 Å². The van der Waals surface area contributed by atoms with Gasteiger partial charge >= 0.3 is 6.18 Å². The first-order valence-corrected chi connectivity index (χ1v) is 9.70. The number of carbonyl (C=O) groups excluding carboxylic acids is 1. The highest BCUT2D eigenvalue weighted by Crippen LogP contribution is 2.35. The summed E-state index contributed by atoms with van der Waals surface area (Å²) in [5.41, 5.74) is 5.58. The molecule has 0 aliphatic carbocycles. The standard InChI is InChI=1S/C18H17ClF3N5OS/c1-27-16(24-9-25-27)12-7-14(29-15(12)19)17(28)26-11(8-23)6-10-4-2-3-5-13(10)18(20,21)22/h2-5,7,9,11H,6,8,23H2,1H3,(H,26,28)/t11-/m0/s1. The molecule has 1 aromatic carbocycles. The lowest BCUT2D eigenvalue weighted by Crippen LogP contribution is -2.41. The first-order chi connectivity index (χ1) is 13.7. The summed E-state index contributed by atoms with van der Waals surface area (Å²) in [5.74, 6) is 0.0324. The van der Waals surface area contributed by atoms with E-state index in [2.05, 4.69) is 15.4 Å². The lowest BCUT2D eigenvalue weighted by Gasteiger charge is -2.19. The number of aryl methyl sites for hydroxylation is 1. The Kier molecular flexibility index (Phi) is 6.25. The van der Waals surface area contributed by atoms with Gasteiger partial charge in [0.25, 0.3) is 5.91 Å². The molecule has 29 heavy (non-hydrogen) atoms. The van der Waals surface area contributed by atoms with Gasteiger partial charge in [-0.05, 0) is 24.1 Å². The van der Waals surface area contributed by atoms with Crippen molar-refractivity contribution in [2.24, 2.45) is 12.8 Å². The van der Waals surface area contributed by atoms with Crippen LogP contribution in [0.15, 0.2) is 36.7 Å². The van der Waals surface area contributed by atoms with Gasteiger partial charge in [-0.15, -0.1) is 11.3 Å². The number of thiophene rings is 1. The van der Waals surface area contributed by atoms with Crippen LogP contribution in [0.3, 0.4) is 0 Å². The maximum Gasteiger partial charge on any atom is 0.416 e. The monoisotopic (exact) mass is 443 g/mol. The van der Waals surface area contributed by atoms with E-state index >= 15 is 0 Å². The third-order valence-corrected chi connectivity index (χ3v) is 5.63. The van der Waals surface area contributed by atoms with Gasteiger partial charge in [0, 0.05) is 25.2 Å². The zero-order valence-electron chi connectivity index (χ0n) is 15.2. The molecule has 0 aliphatic heterocycles. The second-order valence-corrected chi connectivity index (χ2v) is 7.92. The van der Waals surface area contributed by atoms with Gasteiger partial charge in [-0.2, -0.15) is 18.3 Å². The summed E-state index contributed by atoms with van der Waals surface area (Å²) >= 11 is 7.28. The molecule has 1 amide bonds. The lowest BCUT2D eigenvalue weighted by atomic mass is 9.99. The van der Waals surface area contributed by atoms with Crippen molar-refractivity contribution in [2.45, 2.75) is 18.6 Å². The Labute approximate surface area is 173 Å². The molecule has 0 bridgehead atoms. The molecule has 0 unspecified atom stereocenters. The van der Waals surface area contributed by atoms with Crippen LogP contribution in [-0.4, -0.2) is 33.3 Å². The number of carbonyl (C=O) groups is 1. The van der Waals surface area contributed by atoms with Crippen LogP contribution in [0, 0.1) is 0 Å². The topological polar surface area (TPSA) is 85.8 Å². The number of nitrogens with zero attached hydrogens (tertiary/aromatic N) is 3.